The summed E-state index contributed by atoms with van der Waals surface area (Å²) in [6, 6.07) is 0. The van der Waals surface area contributed by atoms with E-state index in [4.69, 9.17) is 0 Å². The average molecular weight is 132 g/mol. The molecule has 2 aliphatic carbocycles. The minimum atomic E-state index is -0.0301. The van der Waals surface area contributed by atoms with Crippen molar-refractivity contribution in [2.24, 2.45) is 11.8 Å². The zero-order valence-corrected chi connectivity index (χ0v) is 5.63. The average Bonchev–Trinajstić information content (AvgIpc) is 2.34. The van der Waals surface area contributed by atoms with E-state index in [0.29, 0.717) is 0 Å². The summed E-state index contributed by atoms with van der Waals surface area (Å²) < 4.78 is 0. The molecule has 0 aromatic heterocycles. The van der Waals surface area contributed by atoms with Crippen LogP contribution in [0, 0.1) is 11.8 Å². The molecule has 1 heteroatoms. The van der Waals surface area contributed by atoms with Crippen LogP contribution in [0.25, 0.3) is 0 Å². The molecule has 0 radical (unpaired) electrons. The number of hydrogen-bond acceptors (Lipinski definition) is 1. The minimum Gasteiger partial charge on any atom is -0.298 e. The standard InChI is InChI=1S/C9H8O/c1-5-6(2)8-4-3-7(5)9(8)10/h3-4,7-8H,1-2H2/t7-,8+. The smallest absolute Gasteiger partial charge is 0.155 e. The summed E-state index contributed by atoms with van der Waals surface area (Å²) in [5.41, 5.74) is 1.83. The van der Waals surface area contributed by atoms with Crippen molar-refractivity contribution in [3.05, 3.63) is 36.5 Å². The van der Waals surface area contributed by atoms with Crippen LogP contribution in [-0.4, -0.2) is 5.78 Å². The molecule has 0 aromatic rings. The molecule has 0 heterocycles. The lowest BCUT2D eigenvalue weighted by Crippen LogP contribution is -2.03. The molecule has 0 saturated heterocycles. The largest absolute Gasteiger partial charge is 0.298 e. The van der Waals surface area contributed by atoms with Crippen molar-refractivity contribution in [1.29, 1.82) is 0 Å². The van der Waals surface area contributed by atoms with Gasteiger partial charge < -0.3 is 0 Å². The molecule has 0 amide bonds. The van der Waals surface area contributed by atoms with Gasteiger partial charge in [0.1, 0.15) is 0 Å². The van der Waals surface area contributed by atoms with Gasteiger partial charge in [-0.3, -0.25) is 4.79 Å². The zero-order chi connectivity index (χ0) is 7.30. The van der Waals surface area contributed by atoms with E-state index in [1.807, 2.05) is 12.2 Å². The number of ketones is 1. The second-order valence-electron chi connectivity index (χ2n) is 2.79. The highest BCUT2D eigenvalue weighted by Gasteiger charge is 2.41. The first-order valence-corrected chi connectivity index (χ1v) is 3.32. The fraction of sp³-hybridized carbons (Fsp3) is 0.222. The molecule has 0 spiro atoms. The first-order valence-electron chi connectivity index (χ1n) is 3.32. The Morgan fingerprint density at radius 1 is 1.10 bits per heavy atom. The summed E-state index contributed by atoms with van der Waals surface area (Å²) in [6.07, 6.45) is 3.84. The van der Waals surface area contributed by atoms with E-state index in [9.17, 15) is 4.79 Å². The van der Waals surface area contributed by atoms with Crippen LogP contribution in [0.5, 0.6) is 0 Å². The Labute approximate surface area is 59.7 Å². The third-order valence-electron chi connectivity index (χ3n) is 2.27. The maximum absolute atomic E-state index is 11.2. The number of allylic oxidation sites excluding steroid dienone is 4. The maximum Gasteiger partial charge on any atom is 0.155 e. The van der Waals surface area contributed by atoms with Gasteiger partial charge in [-0.25, -0.2) is 0 Å². The van der Waals surface area contributed by atoms with Crippen molar-refractivity contribution in [1.82, 2.24) is 0 Å². The van der Waals surface area contributed by atoms with E-state index in [1.54, 1.807) is 0 Å². The Kier molecular flexibility index (Phi) is 0.839. The number of rotatable bonds is 0. The van der Waals surface area contributed by atoms with E-state index >= 15 is 0 Å². The van der Waals surface area contributed by atoms with Crippen LogP contribution in [0.3, 0.4) is 0 Å². The van der Waals surface area contributed by atoms with Crippen LogP contribution in [0.1, 0.15) is 0 Å². The SMILES string of the molecule is C=C1C(=C)[C@@H]2C=C[C@H]1C2=O. The molecule has 1 saturated carbocycles. The first-order chi connectivity index (χ1) is 4.72. The summed E-state index contributed by atoms with van der Waals surface area (Å²) in [7, 11) is 0. The summed E-state index contributed by atoms with van der Waals surface area (Å²) in [5.74, 6) is 0.199. The fourth-order valence-corrected chi connectivity index (χ4v) is 1.58. The molecule has 0 aromatic carbocycles. The molecular weight excluding hydrogens is 124 g/mol. The normalized spacial score (nSPS) is 36.2. The van der Waals surface area contributed by atoms with Gasteiger partial charge in [0.05, 0.1) is 11.8 Å². The van der Waals surface area contributed by atoms with Crippen molar-refractivity contribution in [2.45, 2.75) is 0 Å². The number of Topliss-reactive ketones (excluding diaryl/α,β-unsaturated/α-hetero) is 1. The summed E-state index contributed by atoms with van der Waals surface area (Å²) >= 11 is 0. The second-order valence-corrected chi connectivity index (χ2v) is 2.79. The van der Waals surface area contributed by atoms with Crippen molar-refractivity contribution < 1.29 is 4.79 Å². The molecule has 2 bridgehead atoms. The summed E-state index contributed by atoms with van der Waals surface area (Å²) in [5, 5.41) is 0. The summed E-state index contributed by atoms with van der Waals surface area (Å²) in [6.45, 7) is 7.59. The molecular formula is C9H8O. The van der Waals surface area contributed by atoms with E-state index in [1.165, 1.54) is 0 Å². The Morgan fingerprint density at radius 3 is 1.70 bits per heavy atom. The molecule has 50 valence electrons. The fourth-order valence-electron chi connectivity index (χ4n) is 1.58. The van der Waals surface area contributed by atoms with Gasteiger partial charge in [0.25, 0.3) is 0 Å². The minimum absolute atomic E-state index is 0.0301. The Balaban J connectivity index is 2.57. The Morgan fingerprint density at radius 2 is 1.50 bits per heavy atom. The van der Waals surface area contributed by atoms with E-state index in [-0.39, 0.29) is 17.6 Å². The van der Waals surface area contributed by atoms with Gasteiger partial charge in [0, 0.05) is 0 Å². The molecule has 1 fully saturated rings. The van der Waals surface area contributed by atoms with Gasteiger partial charge in [0.15, 0.2) is 5.78 Å². The van der Waals surface area contributed by atoms with E-state index < -0.39 is 0 Å². The number of fused-ring (bicyclic) bond motifs is 2. The summed E-state index contributed by atoms with van der Waals surface area (Å²) in [4.78, 5) is 11.2. The van der Waals surface area contributed by atoms with Gasteiger partial charge in [-0.2, -0.15) is 0 Å². The highest BCUT2D eigenvalue weighted by atomic mass is 16.1. The lowest BCUT2D eigenvalue weighted by molar-refractivity contribution is -0.120. The molecule has 10 heavy (non-hydrogen) atoms. The van der Waals surface area contributed by atoms with Crippen LogP contribution in [-0.2, 0) is 4.79 Å². The molecule has 0 unspecified atom stereocenters. The lowest BCUT2D eigenvalue weighted by atomic mass is 9.98. The van der Waals surface area contributed by atoms with E-state index in [0.717, 1.165) is 11.1 Å². The van der Waals surface area contributed by atoms with Crippen LogP contribution >= 0.6 is 0 Å². The third kappa shape index (κ3) is 0.419. The highest BCUT2D eigenvalue weighted by molar-refractivity contribution is 6.00. The van der Waals surface area contributed by atoms with Crippen molar-refractivity contribution in [2.75, 3.05) is 0 Å². The quantitative estimate of drug-likeness (QED) is 0.456. The van der Waals surface area contributed by atoms with Crippen LogP contribution < -0.4 is 0 Å². The van der Waals surface area contributed by atoms with Gasteiger partial charge in [-0.1, -0.05) is 25.3 Å². The number of carbonyl (C=O) groups is 1. The number of hydrogen-bond donors (Lipinski definition) is 0. The zero-order valence-electron chi connectivity index (χ0n) is 5.63. The molecule has 0 aliphatic heterocycles. The Hall–Kier alpha value is -1.11. The van der Waals surface area contributed by atoms with E-state index in [2.05, 4.69) is 13.2 Å². The molecule has 2 aliphatic rings. The Bertz CT molecular complexity index is 244. The van der Waals surface area contributed by atoms with Gasteiger partial charge >= 0.3 is 0 Å². The molecule has 2 rings (SSSR count). The van der Waals surface area contributed by atoms with Gasteiger partial charge in [-0.15, -0.1) is 0 Å². The highest BCUT2D eigenvalue weighted by Crippen LogP contribution is 2.42. The van der Waals surface area contributed by atoms with Gasteiger partial charge in [-0.05, 0) is 11.1 Å². The monoisotopic (exact) mass is 132 g/mol. The van der Waals surface area contributed by atoms with Crippen LogP contribution in [0.15, 0.2) is 36.5 Å². The lowest BCUT2D eigenvalue weighted by Gasteiger charge is -2.05. The van der Waals surface area contributed by atoms with Crippen LogP contribution in [0.4, 0.5) is 0 Å². The van der Waals surface area contributed by atoms with Gasteiger partial charge in [0.2, 0.25) is 0 Å². The molecule has 1 nitrogen and oxygen atoms in total. The maximum atomic E-state index is 11.2. The predicted octanol–water partition coefficient (Wildman–Crippen LogP) is 1.48. The third-order valence-corrected chi connectivity index (χ3v) is 2.27. The van der Waals surface area contributed by atoms with Crippen molar-refractivity contribution in [3.8, 4) is 0 Å². The van der Waals surface area contributed by atoms with Crippen molar-refractivity contribution >= 4 is 5.78 Å². The predicted molar refractivity (Wildman–Crippen MR) is 39.4 cm³/mol. The molecule has 2 atom stereocenters. The number of carbonyl (C=O) groups excluding carboxylic acids is 1. The molecule has 0 N–H and O–H groups in total. The van der Waals surface area contributed by atoms with Crippen molar-refractivity contribution in [3.63, 3.8) is 0 Å². The topological polar surface area (TPSA) is 17.1 Å². The first kappa shape index (κ1) is 5.66. The van der Waals surface area contributed by atoms with Crippen LogP contribution in [0.2, 0.25) is 0 Å². The second kappa shape index (κ2) is 1.48.